The average Bonchev–Trinajstić information content (AvgIpc) is 2.35. The smallest absolute Gasteiger partial charge is 0.314 e. The lowest BCUT2D eigenvalue weighted by Gasteiger charge is -2.22. The fourth-order valence-corrected chi connectivity index (χ4v) is 1.85. The summed E-state index contributed by atoms with van der Waals surface area (Å²) in [6, 6.07) is 4.81. The predicted molar refractivity (Wildman–Crippen MR) is 79.4 cm³/mol. The topological polar surface area (TPSA) is 70.1 Å². The second kappa shape index (κ2) is 5.17. The van der Waals surface area contributed by atoms with Crippen LogP contribution in [0.15, 0.2) is 35.4 Å². The molecule has 0 spiro atoms. The maximum atomic E-state index is 12.3. The molecule has 0 aliphatic rings. The van der Waals surface area contributed by atoms with E-state index in [1.807, 2.05) is 20.8 Å². The van der Waals surface area contributed by atoms with Crippen molar-refractivity contribution in [2.75, 3.05) is 5.73 Å². The second-order valence-electron chi connectivity index (χ2n) is 5.36. The van der Waals surface area contributed by atoms with E-state index in [2.05, 4.69) is 4.98 Å². The van der Waals surface area contributed by atoms with Crippen molar-refractivity contribution < 1.29 is 4.74 Å². The number of benzene rings is 1. The van der Waals surface area contributed by atoms with Gasteiger partial charge in [-0.1, -0.05) is 11.6 Å². The largest absolute Gasteiger partial charge is 0.432 e. The first kappa shape index (κ1) is 14.4. The van der Waals surface area contributed by atoms with Gasteiger partial charge in [0.25, 0.3) is 5.88 Å². The number of anilines is 1. The number of nitrogens with zero attached hydrogens (tertiary/aromatic N) is 2. The van der Waals surface area contributed by atoms with Crippen molar-refractivity contribution in [2.24, 2.45) is 0 Å². The van der Waals surface area contributed by atoms with Crippen molar-refractivity contribution in [2.45, 2.75) is 26.3 Å². The molecule has 0 radical (unpaired) electrons. The van der Waals surface area contributed by atoms with E-state index < -0.39 is 0 Å². The standard InChI is InChI=1S/C14H16ClN3O2/c1-14(2,3)18-7-6-17-12(13(18)19)20-11-8-9(15)4-5-10(11)16/h4-8H,16H2,1-3H3. The quantitative estimate of drug-likeness (QED) is 0.864. The number of aromatic nitrogens is 2. The molecule has 0 unspecified atom stereocenters. The third-order valence-electron chi connectivity index (χ3n) is 2.71. The Kier molecular flexibility index (Phi) is 3.72. The Hall–Kier alpha value is -2.01. The number of halogens is 1. The highest BCUT2D eigenvalue weighted by Crippen LogP contribution is 2.28. The summed E-state index contributed by atoms with van der Waals surface area (Å²) in [5.74, 6) is 0.283. The Labute approximate surface area is 122 Å². The van der Waals surface area contributed by atoms with Gasteiger partial charge in [0.1, 0.15) is 0 Å². The molecular weight excluding hydrogens is 278 g/mol. The molecule has 20 heavy (non-hydrogen) atoms. The fourth-order valence-electron chi connectivity index (χ4n) is 1.69. The molecule has 0 saturated carbocycles. The zero-order valence-electron chi connectivity index (χ0n) is 11.6. The number of nitrogens with two attached hydrogens (primary N) is 1. The summed E-state index contributed by atoms with van der Waals surface area (Å²) in [5.41, 5.74) is 5.50. The van der Waals surface area contributed by atoms with Crippen molar-refractivity contribution in [1.29, 1.82) is 0 Å². The number of hydrogen-bond donors (Lipinski definition) is 1. The molecule has 1 heterocycles. The maximum Gasteiger partial charge on any atom is 0.314 e. The molecule has 6 heteroatoms. The van der Waals surface area contributed by atoms with Gasteiger partial charge in [-0.15, -0.1) is 0 Å². The van der Waals surface area contributed by atoms with E-state index in [4.69, 9.17) is 22.1 Å². The molecule has 106 valence electrons. The Morgan fingerprint density at radius 1 is 1.35 bits per heavy atom. The van der Waals surface area contributed by atoms with Gasteiger partial charge >= 0.3 is 5.56 Å². The third-order valence-corrected chi connectivity index (χ3v) is 2.95. The van der Waals surface area contributed by atoms with E-state index in [-0.39, 0.29) is 17.0 Å². The summed E-state index contributed by atoms with van der Waals surface area (Å²) in [6.07, 6.45) is 3.14. The van der Waals surface area contributed by atoms with Crippen LogP contribution in [0.5, 0.6) is 11.6 Å². The van der Waals surface area contributed by atoms with Crippen molar-refractivity contribution in [3.63, 3.8) is 0 Å². The molecule has 1 aromatic carbocycles. The number of ether oxygens (including phenoxy) is 1. The van der Waals surface area contributed by atoms with E-state index in [9.17, 15) is 4.79 Å². The highest BCUT2D eigenvalue weighted by molar-refractivity contribution is 6.30. The van der Waals surface area contributed by atoms with Gasteiger partial charge < -0.3 is 15.0 Å². The van der Waals surface area contributed by atoms with Gasteiger partial charge in [-0.2, -0.15) is 0 Å². The van der Waals surface area contributed by atoms with E-state index in [0.717, 1.165) is 0 Å². The zero-order chi connectivity index (χ0) is 14.9. The molecule has 0 atom stereocenters. The predicted octanol–water partition coefficient (Wildman–Crippen LogP) is 3.03. The Morgan fingerprint density at radius 2 is 2.05 bits per heavy atom. The zero-order valence-corrected chi connectivity index (χ0v) is 12.3. The van der Waals surface area contributed by atoms with Crippen LogP contribution >= 0.6 is 11.6 Å². The van der Waals surface area contributed by atoms with Gasteiger partial charge in [0.15, 0.2) is 5.75 Å². The van der Waals surface area contributed by atoms with Crippen LogP contribution in [-0.4, -0.2) is 9.55 Å². The van der Waals surface area contributed by atoms with Gasteiger partial charge in [-0.25, -0.2) is 4.98 Å². The van der Waals surface area contributed by atoms with E-state index in [0.29, 0.717) is 16.5 Å². The summed E-state index contributed by atoms with van der Waals surface area (Å²) < 4.78 is 7.05. The highest BCUT2D eigenvalue weighted by Gasteiger charge is 2.18. The first-order valence-corrected chi connectivity index (χ1v) is 6.48. The van der Waals surface area contributed by atoms with Crippen LogP contribution in [0.25, 0.3) is 0 Å². The number of hydrogen-bond acceptors (Lipinski definition) is 4. The molecule has 2 N–H and O–H groups in total. The van der Waals surface area contributed by atoms with Crippen LogP contribution in [0.1, 0.15) is 20.8 Å². The lowest BCUT2D eigenvalue weighted by Crippen LogP contribution is -2.34. The number of nitrogen functional groups attached to an aromatic ring is 1. The molecule has 0 saturated heterocycles. The van der Waals surface area contributed by atoms with Crippen molar-refractivity contribution in [1.82, 2.24) is 9.55 Å². The van der Waals surface area contributed by atoms with Gasteiger partial charge in [0, 0.05) is 29.0 Å². The lowest BCUT2D eigenvalue weighted by atomic mass is 10.1. The van der Waals surface area contributed by atoms with Crippen LogP contribution in [0.3, 0.4) is 0 Å². The number of rotatable bonds is 2. The van der Waals surface area contributed by atoms with E-state index in [1.165, 1.54) is 6.20 Å². The van der Waals surface area contributed by atoms with Crippen LogP contribution < -0.4 is 16.0 Å². The monoisotopic (exact) mass is 293 g/mol. The molecule has 5 nitrogen and oxygen atoms in total. The van der Waals surface area contributed by atoms with Gasteiger partial charge in [-0.3, -0.25) is 4.79 Å². The first-order chi connectivity index (χ1) is 9.29. The Balaban J connectivity index is 2.45. The molecule has 2 aromatic rings. The minimum atomic E-state index is -0.363. The molecule has 2 rings (SSSR count). The first-order valence-electron chi connectivity index (χ1n) is 6.10. The minimum Gasteiger partial charge on any atom is -0.432 e. The average molecular weight is 294 g/mol. The van der Waals surface area contributed by atoms with E-state index >= 15 is 0 Å². The van der Waals surface area contributed by atoms with Gasteiger partial charge in [-0.05, 0) is 32.9 Å². The van der Waals surface area contributed by atoms with Crippen molar-refractivity contribution in [3.05, 3.63) is 46.0 Å². The SMILES string of the molecule is CC(C)(C)n1ccnc(Oc2cc(Cl)ccc2N)c1=O. The summed E-state index contributed by atoms with van der Waals surface area (Å²) in [4.78, 5) is 16.3. The van der Waals surface area contributed by atoms with Gasteiger partial charge in [0.05, 0.1) is 5.69 Å². The Morgan fingerprint density at radius 3 is 2.70 bits per heavy atom. The van der Waals surface area contributed by atoms with Crippen LogP contribution in [0.2, 0.25) is 5.02 Å². The molecule has 0 aliphatic heterocycles. The van der Waals surface area contributed by atoms with Crippen LogP contribution in [0.4, 0.5) is 5.69 Å². The third kappa shape index (κ3) is 2.93. The minimum absolute atomic E-state index is 0.0311. The summed E-state index contributed by atoms with van der Waals surface area (Å²) >= 11 is 5.89. The fraction of sp³-hybridized carbons (Fsp3) is 0.286. The molecular formula is C14H16ClN3O2. The normalized spacial score (nSPS) is 11.4. The second-order valence-corrected chi connectivity index (χ2v) is 5.80. The van der Waals surface area contributed by atoms with Crippen molar-refractivity contribution >= 4 is 17.3 Å². The molecule has 0 amide bonds. The summed E-state index contributed by atoms with van der Waals surface area (Å²) in [7, 11) is 0. The summed E-state index contributed by atoms with van der Waals surface area (Å²) in [6.45, 7) is 5.77. The van der Waals surface area contributed by atoms with Gasteiger partial charge in [0.2, 0.25) is 0 Å². The van der Waals surface area contributed by atoms with Crippen LogP contribution in [0, 0.1) is 0 Å². The summed E-state index contributed by atoms with van der Waals surface area (Å²) in [5, 5.41) is 0.473. The lowest BCUT2D eigenvalue weighted by molar-refractivity contribution is 0.363. The van der Waals surface area contributed by atoms with E-state index in [1.54, 1.807) is 29.0 Å². The van der Waals surface area contributed by atoms with Crippen molar-refractivity contribution in [3.8, 4) is 11.6 Å². The van der Waals surface area contributed by atoms with Crippen LogP contribution in [-0.2, 0) is 5.54 Å². The molecule has 0 fully saturated rings. The maximum absolute atomic E-state index is 12.3. The molecule has 0 bridgehead atoms. The molecule has 1 aromatic heterocycles. The molecule has 0 aliphatic carbocycles. The highest BCUT2D eigenvalue weighted by atomic mass is 35.5. The Bertz CT molecular complexity index is 690.